The zero-order chi connectivity index (χ0) is 17.9. The molecule has 2 rings (SSSR count). The monoisotopic (exact) mass is 430 g/mol. The van der Waals surface area contributed by atoms with Crippen molar-refractivity contribution in [3.8, 4) is 0 Å². The van der Waals surface area contributed by atoms with Gasteiger partial charge in [0, 0.05) is 25.9 Å². The molecule has 146 valence electrons. The van der Waals surface area contributed by atoms with Gasteiger partial charge in [0.25, 0.3) is 5.91 Å². The van der Waals surface area contributed by atoms with Crippen LogP contribution in [0.3, 0.4) is 0 Å². The van der Waals surface area contributed by atoms with Crippen LogP contribution in [0.4, 0.5) is 24.5 Å². The van der Waals surface area contributed by atoms with Crippen molar-refractivity contribution < 1.29 is 18.0 Å². The quantitative estimate of drug-likeness (QED) is 0.755. The number of halogens is 5. The maximum atomic E-state index is 12.9. The molecule has 0 aliphatic heterocycles. The van der Waals surface area contributed by atoms with E-state index < -0.39 is 17.6 Å². The summed E-state index contributed by atoms with van der Waals surface area (Å²) in [4.78, 5) is 18.0. The SMILES string of the molecule is CN(C)c1ccc(C(F)(F)F)cc1NC(=O)c1csc(CCN)n1.Cl.Cl. The van der Waals surface area contributed by atoms with E-state index in [1.54, 1.807) is 24.4 Å². The van der Waals surface area contributed by atoms with E-state index in [1.807, 2.05) is 0 Å². The highest BCUT2D eigenvalue weighted by atomic mass is 35.5. The largest absolute Gasteiger partial charge is 0.416 e. The number of nitrogens with one attached hydrogen (secondary N) is 1. The van der Waals surface area contributed by atoms with E-state index in [-0.39, 0.29) is 36.2 Å². The number of aromatic nitrogens is 1. The van der Waals surface area contributed by atoms with Gasteiger partial charge in [-0.1, -0.05) is 0 Å². The molecule has 11 heteroatoms. The lowest BCUT2D eigenvalue weighted by molar-refractivity contribution is -0.137. The summed E-state index contributed by atoms with van der Waals surface area (Å²) >= 11 is 1.29. The molecule has 0 unspecified atom stereocenters. The molecule has 0 bridgehead atoms. The molecule has 0 spiro atoms. The van der Waals surface area contributed by atoms with E-state index in [0.29, 0.717) is 23.7 Å². The number of amides is 1. The Balaban J connectivity index is 0.00000312. The predicted molar refractivity (Wildman–Crippen MR) is 103 cm³/mol. The topological polar surface area (TPSA) is 71.2 Å². The van der Waals surface area contributed by atoms with E-state index in [0.717, 1.165) is 12.1 Å². The van der Waals surface area contributed by atoms with Crippen LogP contribution in [0.2, 0.25) is 0 Å². The number of rotatable bonds is 5. The molecule has 0 fully saturated rings. The summed E-state index contributed by atoms with van der Waals surface area (Å²) in [7, 11) is 3.36. The normalized spacial score (nSPS) is 10.5. The van der Waals surface area contributed by atoms with Gasteiger partial charge in [-0.2, -0.15) is 13.2 Å². The van der Waals surface area contributed by atoms with E-state index in [2.05, 4.69) is 10.3 Å². The van der Waals surface area contributed by atoms with Gasteiger partial charge in [0.15, 0.2) is 0 Å². The van der Waals surface area contributed by atoms with Gasteiger partial charge in [0.1, 0.15) is 5.69 Å². The number of hydrogen-bond acceptors (Lipinski definition) is 5. The lowest BCUT2D eigenvalue weighted by Gasteiger charge is -2.19. The first-order valence-corrected chi connectivity index (χ1v) is 7.94. The zero-order valence-corrected chi connectivity index (χ0v) is 16.4. The molecule has 5 nitrogen and oxygen atoms in total. The summed E-state index contributed by atoms with van der Waals surface area (Å²) < 4.78 is 38.7. The van der Waals surface area contributed by atoms with Crippen molar-refractivity contribution in [2.75, 3.05) is 30.9 Å². The van der Waals surface area contributed by atoms with Gasteiger partial charge < -0.3 is 16.0 Å². The van der Waals surface area contributed by atoms with Gasteiger partial charge in [-0.15, -0.1) is 36.2 Å². The van der Waals surface area contributed by atoms with Gasteiger partial charge in [-0.25, -0.2) is 4.98 Å². The van der Waals surface area contributed by atoms with Crippen LogP contribution in [0.15, 0.2) is 23.6 Å². The van der Waals surface area contributed by atoms with Crippen LogP contribution in [0.5, 0.6) is 0 Å². The van der Waals surface area contributed by atoms with Gasteiger partial charge in [0.05, 0.1) is 21.9 Å². The molecule has 26 heavy (non-hydrogen) atoms. The van der Waals surface area contributed by atoms with Crippen molar-refractivity contribution in [3.63, 3.8) is 0 Å². The molecular formula is C15H19Cl2F3N4OS. The number of hydrogen-bond donors (Lipinski definition) is 2. The molecule has 0 saturated carbocycles. The Morgan fingerprint density at radius 3 is 2.50 bits per heavy atom. The third kappa shape index (κ3) is 6.01. The number of benzene rings is 1. The van der Waals surface area contributed by atoms with Crippen LogP contribution in [0.1, 0.15) is 21.1 Å². The Hall–Kier alpha value is -1.55. The highest BCUT2D eigenvalue weighted by Crippen LogP contribution is 2.35. The fourth-order valence-corrected chi connectivity index (χ4v) is 2.84. The smallest absolute Gasteiger partial charge is 0.376 e. The average Bonchev–Trinajstić information content (AvgIpc) is 2.95. The number of nitrogens with zero attached hydrogens (tertiary/aromatic N) is 2. The second kappa shape index (κ2) is 9.96. The van der Waals surface area contributed by atoms with E-state index in [1.165, 1.54) is 17.4 Å². The maximum absolute atomic E-state index is 12.9. The Morgan fingerprint density at radius 1 is 1.31 bits per heavy atom. The fraction of sp³-hybridized carbons (Fsp3) is 0.333. The van der Waals surface area contributed by atoms with Crippen molar-refractivity contribution >= 4 is 53.4 Å². The number of alkyl halides is 3. The van der Waals surface area contributed by atoms with Crippen LogP contribution in [-0.4, -0.2) is 31.5 Å². The van der Waals surface area contributed by atoms with Crippen molar-refractivity contribution in [2.24, 2.45) is 5.73 Å². The Kier molecular flexibility index (Phi) is 9.36. The molecule has 0 saturated heterocycles. The Morgan fingerprint density at radius 2 is 1.96 bits per heavy atom. The lowest BCUT2D eigenvalue weighted by atomic mass is 10.1. The highest BCUT2D eigenvalue weighted by Gasteiger charge is 2.31. The average molecular weight is 431 g/mol. The van der Waals surface area contributed by atoms with Gasteiger partial charge in [-0.3, -0.25) is 4.79 Å². The molecule has 0 aliphatic rings. The summed E-state index contributed by atoms with van der Waals surface area (Å²) in [5, 5.41) is 4.78. The van der Waals surface area contributed by atoms with Crippen molar-refractivity contribution in [1.29, 1.82) is 0 Å². The highest BCUT2D eigenvalue weighted by molar-refractivity contribution is 7.09. The van der Waals surface area contributed by atoms with Crippen LogP contribution in [-0.2, 0) is 12.6 Å². The van der Waals surface area contributed by atoms with E-state index in [4.69, 9.17) is 5.73 Å². The Bertz CT molecular complexity index is 738. The minimum Gasteiger partial charge on any atom is -0.376 e. The zero-order valence-electron chi connectivity index (χ0n) is 14.0. The van der Waals surface area contributed by atoms with E-state index >= 15 is 0 Å². The molecule has 0 radical (unpaired) electrons. The van der Waals surface area contributed by atoms with Crippen molar-refractivity contribution in [2.45, 2.75) is 12.6 Å². The molecule has 3 N–H and O–H groups in total. The maximum Gasteiger partial charge on any atom is 0.416 e. The minimum atomic E-state index is -4.49. The van der Waals surface area contributed by atoms with Crippen LogP contribution < -0.4 is 16.0 Å². The van der Waals surface area contributed by atoms with Crippen molar-refractivity contribution in [3.05, 3.63) is 39.8 Å². The first-order valence-electron chi connectivity index (χ1n) is 7.06. The molecule has 1 aromatic carbocycles. The molecule has 0 atom stereocenters. The standard InChI is InChI=1S/C15H17F3N4OS.2ClH/c1-22(2)12-4-3-9(15(16,17)18)7-10(12)21-14(23)11-8-24-13(20-11)5-6-19;;/h3-4,7-8H,5-6,19H2,1-2H3,(H,21,23);2*1H. The number of thiazole rings is 1. The number of carbonyl (C=O) groups is 1. The second-order valence-corrected chi connectivity index (χ2v) is 6.19. The number of anilines is 2. The van der Waals surface area contributed by atoms with E-state index in [9.17, 15) is 18.0 Å². The van der Waals surface area contributed by atoms with Crippen LogP contribution >= 0.6 is 36.2 Å². The first-order chi connectivity index (χ1) is 11.2. The summed E-state index contributed by atoms with van der Waals surface area (Å²) in [6.45, 7) is 0.410. The van der Waals surface area contributed by atoms with Gasteiger partial charge in [-0.05, 0) is 24.7 Å². The van der Waals surface area contributed by atoms with Crippen LogP contribution in [0.25, 0.3) is 0 Å². The Labute approximate surface area is 165 Å². The van der Waals surface area contributed by atoms with Crippen LogP contribution in [0, 0.1) is 0 Å². The summed E-state index contributed by atoms with van der Waals surface area (Å²) in [6.07, 6.45) is -3.94. The third-order valence-corrected chi connectivity index (χ3v) is 4.11. The van der Waals surface area contributed by atoms with Crippen molar-refractivity contribution in [1.82, 2.24) is 4.98 Å². The summed E-state index contributed by atoms with van der Waals surface area (Å²) in [5.74, 6) is -0.558. The predicted octanol–water partition coefficient (Wildman–Crippen LogP) is 3.83. The van der Waals surface area contributed by atoms with Gasteiger partial charge in [0.2, 0.25) is 0 Å². The first kappa shape index (κ1) is 24.5. The summed E-state index contributed by atoms with van der Waals surface area (Å²) in [5.41, 5.74) is 5.31. The minimum absolute atomic E-state index is 0. The molecule has 2 aromatic rings. The molecule has 0 aliphatic carbocycles. The molecular weight excluding hydrogens is 412 g/mol. The molecule has 1 aromatic heterocycles. The number of carbonyl (C=O) groups excluding carboxylic acids is 1. The summed E-state index contributed by atoms with van der Waals surface area (Å²) in [6, 6.07) is 3.22. The number of nitrogens with two attached hydrogens (primary N) is 1. The lowest BCUT2D eigenvalue weighted by Crippen LogP contribution is -2.18. The molecule has 1 heterocycles. The van der Waals surface area contributed by atoms with Gasteiger partial charge >= 0.3 is 6.18 Å². The fourth-order valence-electron chi connectivity index (χ4n) is 2.04. The molecule has 1 amide bonds. The second-order valence-electron chi connectivity index (χ2n) is 5.24. The third-order valence-electron chi connectivity index (χ3n) is 3.20.